The quantitative estimate of drug-likeness (QED) is 0.271. The molecule has 1 fully saturated rings. The number of aryl methyl sites for hydroxylation is 1. The van der Waals surface area contributed by atoms with Crippen LogP contribution in [0.2, 0.25) is 5.02 Å². The van der Waals surface area contributed by atoms with Gasteiger partial charge in [0.05, 0.1) is 22.8 Å². The molecule has 2 heterocycles. The zero-order valence-corrected chi connectivity index (χ0v) is 29.0. The largest absolute Gasteiger partial charge is 0.490 e. The first-order valence-electron chi connectivity index (χ1n) is 15.2. The normalized spacial score (nSPS) is 16.2. The summed E-state index contributed by atoms with van der Waals surface area (Å²) < 4.78 is 43.9. The van der Waals surface area contributed by atoms with Crippen LogP contribution in [0.15, 0.2) is 18.2 Å². The number of sulfonamides is 1. The van der Waals surface area contributed by atoms with Crippen LogP contribution in [0.1, 0.15) is 70.8 Å². The molecule has 1 atom stereocenters. The Hall–Kier alpha value is -2.54. The van der Waals surface area contributed by atoms with Gasteiger partial charge in [-0.25, -0.2) is 17.5 Å². The maximum absolute atomic E-state index is 14.6. The number of likely N-dealkylation sites (tertiary alicyclic amines) is 1. The summed E-state index contributed by atoms with van der Waals surface area (Å²) in [6, 6.07) is 5.10. The number of ether oxygens (including phenoxy) is 3. The van der Waals surface area contributed by atoms with Crippen molar-refractivity contribution in [3.05, 3.63) is 28.9 Å². The molecule has 2 amide bonds. The van der Waals surface area contributed by atoms with Gasteiger partial charge < -0.3 is 28.6 Å². The lowest BCUT2D eigenvalue weighted by Crippen LogP contribution is -2.54. The van der Waals surface area contributed by atoms with Gasteiger partial charge in [-0.2, -0.15) is 0 Å². The summed E-state index contributed by atoms with van der Waals surface area (Å²) in [5, 5.41) is 1.01. The van der Waals surface area contributed by atoms with E-state index >= 15 is 0 Å². The number of aromatic nitrogens is 1. The molecule has 1 aliphatic rings. The number of unbranched alkanes of at least 4 members (excludes halogenated alkanes) is 1. The standard InChI is InChI=1S/C31H49ClN4O7S/c1-22(2)36(23-13-12-16-34(21-23)30(38)43-31(3,4)5)29(37)28-26(32)24-14-11-15-25(42-20-18-33(6)44(8,39)40)27(24)35(28)17-9-10-19-41-7/h11,14-15,22-23H,9-10,12-13,16-21H2,1-8H3/t23-/m1/s1. The van der Waals surface area contributed by atoms with Gasteiger partial charge in [0.25, 0.3) is 5.91 Å². The molecular formula is C31H49ClN4O7S. The Balaban J connectivity index is 2.01. The van der Waals surface area contributed by atoms with E-state index in [1.54, 1.807) is 18.1 Å². The third-order valence-corrected chi connectivity index (χ3v) is 9.33. The predicted molar refractivity (Wildman–Crippen MR) is 173 cm³/mol. The number of hydrogen-bond acceptors (Lipinski definition) is 7. The van der Waals surface area contributed by atoms with Gasteiger partial charge in [-0.1, -0.05) is 23.7 Å². The van der Waals surface area contributed by atoms with E-state index in [1.807, 2.05) is 56.2 Å². The van der Waals surface area contributed by atoms with Crippen molar-refractivity contribution in [3.8, 4) is 5.75 Å². The van der Waals surface area contributed by atoms with Gasteiger partial charge in [0.1, 0.15) is 23.7 Å². The van der Waals surface area contributed by atoms with Crippen LogP contribution >= 0.6 is 11.6 Å². The van der Waals surface area contributed by atoms with E-state index in [9.17, 15) is 18.0 Å². The number of carbonyl (C=O) groups excluding carboxylic acids is 2. The molecule has 0 N–H and O–H groups in total. The lowest BCUT2D eigenvalue weighted by Gasteiger charge is -2.41. The van der Waals surface area contributed by atoms with Crippen LogP contribution in [-0.4, -0.2) is 110 Å². The van der Waals surface area contributed by atoms with Crippen molar-refractivity contribution in [2.45, 2.75) is 84.5 Å². The molecule has 2 aromatic rings. The average Bonchev–Trinajstić information content (AvgIpc) is 3.21. The highest BCUT2D eigenvalue weighted by molar-refractivity contribution is 7.88. The number of nitrogens with zero attached hydrogens (tertiary/aromatic N) is 4. The second-order valence-electron chi connectivity index (χ2n) is 12.6. The fraction of sp³-hybridized carbons (Fsp3) is 0.677. The molecule has 0 bridgehead atoms. The maximum atomic E-state index is 14.6. The van der Waals surface area contributed by atoms with E-state index in [-0.39, 0.29) is 37.2 Å². The summed E-state index contributed by atoms with van der Waals surface area (Å²) in [6.07, 6.45) is 3.77. The van der Waals surface area contributed by atoms with E-state index in [0.29, 0.717) is 53.6 Å². The second-order valence-corrected chi connectivity index (χ2v) is 15.1. The topological polar surface area (TPSA) is 111 Å². The molecule has 0 spiro atoms. The Morgan fingerprint density at radius 3 is 2.48 bits per heavy atom. The number of fused-ring (bicyclic) bond motifs is 1. The number of piperidine rings is 1. The van der Waals surface area contributed by atoms with Gasteiger partial charge >= 0.3 is 6.09 Å². The zero-order valence-electron chi connectivity index (χ0n) is 27.4. The molecule has 1 saturated heterocycles. The van der Waals surface area contributed by atoms with Crippen molar-refractivity contribution < 1.29 is 32.2 Å². The van der Waals surface area contributed by atoms with Gasteiger partial charge in [-0.05, 0) is 66.4 Å². The Bertz CT molecular complexity index is 1400. The monoisotopic (exact) mass is 656 g/mol. The molecule has 1 aromatic heterocycles. The van der Waals surface area contributed by atoms with Crippen molar-refractivity contribution in [1.82, 2.24) is 18.7 Å². The summed E-state index contributed by atoms with van der Waals surface area (Å²) in [7, 11) is -0.198. The molecule has 44 heavy (non-hydrogen) atoms. The van der Waals surface area contributed by atoms with Crippen LogP contribution in [0, 0.1) is 0 Å². The number of halogens is 1. The number of carbonyl (C=O) groups is 2. The molecule has 11 nitrogen and oxygen atoms in total. The number of likely N-dealkylation sites (N-methyl/N-ethyl adjacent to an activating group) is 1. The Labute approximate surface area is 267 Å². The van der Waals surface area contributed by atoms with Crippen molar-refractivity contribution in [2.75, 3.05) is 53.3 Å². The first-order valence-corrected chi connectivity index (χ1v) is 17.4. The summed E-state index contributed by atoms with van der Waals surface area (Å²) >= 11 is 7.03. The second kappa shape index (κ2) is 15.2. The lowest BCUT2D eigenvalue weighted by molar-refractivity contribution is 0.00733. The van der Waals surface area contributed by atoms with E-state index in [2.05, 4.69) is 0 Å². The van der Waals surface area contributed by atoms with Gasteiger partial charge in [-0.15, -0.1) is 0 Å². The Kier molecular flexibility index (Phi) is 12.4. The molecule has 0 aliphatic carbocycles. The van der Waals surface area contributed by atoms with Gasteiger partial charge in [0.15, 0.2) is 0 Å². The molecule has 1 aromatic carbocycles. The molecule has 13 heteroatoms. The number of rotatable bonds is 13. The molecule has 0 saturated carbocycles. The van der Waals surface area contributed by atoms with E-state index in [0.717, 1.165) is 31.9 Å². The first kappa shape index (κ1) is 35.9. The van der Waals surface area contributed by atoms with E-state index in [1.165, 1.54) is 11.4 Å². The number of hydrogen-bond donors (Lipinski definition) is 0. The highest BCUT2D eigenvalue weighted by Crippen LogP contribution is 2.38. The van der Waals surface area contributed by atoms with Crippen LogP contribution in [0.5, 0.6) is 5.75 Å². The fourth-order valence-electron chi connectivity index (χ4n) is 5.47. The zero-order chi connectivity index (χ0) is 32.8. The Morgan fingerprint density at radius 1 is 1.16 bits per heavy atom. The number of methoxy groups -OCH3 is 1. The predicted octanol–water partition coefficient (Wildman–Crippen LogP) is 5.24. The molecule has 3 rings (SSSR count). The lowest BCUT2D eigenvalue weighted by atomic mass is 10.0. The van der Waals surface area contributed by atoms with Gasteiger partial charge in [0.2, 0.25) is 10.0 Å². The highest BCUT2D eigenvalue weighted by atomic mass is 35.5. The summed E-state index contributed by atoms with van der Waals surface area (Å²) in [5.74, 6) is 0.300. The van der Waals surface area contributed by atoms with Crippen LogP contribution < -0.4 is 4.74 Å². The molecule has 0 unspecified atom stereocenters. The van der Waals surface area contributed by atoms with Crippen LogP contribution in [0.25, 0.3) is 10.9 Å². The molecule has 0 radical (unpaired) electrons. The highest BCUT2D eigenvalue weighted by Gasteiger charge is 2.37. The van der Waals surface area contributed by atoms with E-state index in [4.69, 9.17) is 25.8 Å². The van der Waals surface area contributed by atoms with Crippen LogP contribution in [0.4, 0.5) is 4.79 Å². The van der Waals surface area contributed by atoms with Crippen LogP contribution in [0.3, 0.4) is 0 Å². The maximum Gasteiger partial charge on any atom is 0.410 e. The smallest absolute Gasteiger partial charge is 0.410 e. The van der Waals surface area contributed by atoms with Crippen LogP contribution in [-0.2, 0) is 26.0 Å². The number of para-hydroxylation sites is 1. The minimum absolute atomic E-state index is 0.124. The summed E-state index contributed by atoms with van der Waals surface area (Å²) in [4.78, 5) is 31.0. The van der Waals surface area contributed by atoms with Crippen molar-refractivity contribution in [2.24, 2.45) is 0 Å². The van der Waals surface area contributed by atoms with E-state index < -0.39 is 15.6 Å². The molecule has 1 aliphatic heterocycles. The third kappa shape index (κ3) is 9.02. The fourth-order valence-corrected chi connectivity index (χ4v) is 6.21. The van der Waals surface area contributed by atoms with Gasteiger partial charge in [-0.3, -0.25) is 4.79 Å². The Morgan fingerprint density at radius 2 is 1.86 bits per heavy atom. The van der Waals surface area contributed by atoms with Crippen molar-refractivity contribution >= 4 is 44.5 Å². The minimum Gasteiger partial charge on any atom is -0.490 e. The minimum atomic E-state index is -3.35. The average molecular weight is 657 g/mol. The third-order valence-electron chi connectivity index (χ3n) is 7.63. The molecule has 248 valence electrons. The SMILES string of the molecule is COCCCCn1c(C(=O)N(C(C)C)[C@@H]2CCCN(C(=O)OC(C)(C)C)C2)c(Cl)c2cccc(OCCN(C)S(C)(=O)=O)c21. The first-order chi connectivity index (χ1) is 20.6. The van der Waals surface area contributed by atoms with Crippen molar-refractivity contribution in [1.29, 1.82) is 0 Å². The van der Waals surface area contributed by atoms with Crippen molar-refractivity contribution in [3.63, 3.8) is 0 Å². The molecular weight excluding hydrogens is 608 g/mol. The number of benzene rings is 1. The number of amides is 2. The summed E-state index contributed by atoms with van der Waals surface area (Å²) in [6.45, 7) is 11.8. The van der Waals surface area contributed by atoms with Gasteiger partial charge in [0, 0.05) is 58.4 Å². The summed E-state index contributed by atoms with van der Waals surface area (Å²) in [5.41, 5.74) is 0.434.